The van der Waals surface area contributed by atoms with Crippen LogP contribution in [0.5, 0.6) is 5.75 Å². The fourth-order valence-electron chi connectivity index (χ4n) is 1.89. The third-order valence-electron chi connectivity index (χ3n) is 2.90. The van der Waals surface area contributed by atoms with Crippen molar-refractivity contribution in [2.75, 3.05) is 20.3 Å². The summed E-state index contributed by atoms with van der Waals surface area (Å²) in [6.45, 7) is 3.73. The molecule has 1 N–H and O–H groups in total. The number of carbonyl (C=O) groups is 2. The van der Waals surface area contributed by atoms with Gasteiger partial charge in [-0.05, 0) is 26.0 Å². The first kappa shape index (κ1) is 17.1. The highest BCUT2D eigenvalue weighted by molar-refractivity contribution is 8.01. The average Bonchev–Trinajstić information content (AvgIpc) is 2.94. The Hall–Kier alpha value is -2.22. The van der Waals surface area contributed by atoms with Crippen molar-refractivity contribution >= 4 is 34.7 Å². The first-order valence-corrected chi connectivity index (χ1v) is 8.00. The van der Waals surface area contributed by atoms with Crippen LogP contribution in [-0.4, -0.2) is 47.5 Å². The van der Waals surface area contributed by atoms with E-state index in [0.717, 1.165) is 17.3 Å². The van der Waals surface area contributed by atoms with Gasteiger partial charge in [-0.3, -0.25) is 9.59 Å². The van der Waals surface area contributed by atoms with Crippen LogP contribution in [0.3, 0.4) is 0 Å². The van der Waals surface area contributed by atoms with Crippen LogP contribution >= 0.6 is 11.8 Å². The average molecular weight is 338 g/mol. The van der Waals surface area contributed by atoms with Crippen LogP contribution in [0.25, 0.3) is 11.0 Å². The SMILES string of the molecule is CCOC(=O)C(Sc1nc2ccc(OC)cc2[nH]1)C(=O)OCC. The summed E-state index contributed by atoms with van der Waals surface area (Å²) < 4.78 is 15.0. The number of rotatable bonds is 7. The highest BCUT2D eigenvalue weighted by Gasteiger charge is 2.32. The van der Waals surface area contributed by atoms with Crippen LogP contribution in [0.2, 0.25) is 0 Å². The van der Waals surface area contributed by atoms with Gasteiger partial charge in [0.25, 0.3) is 0 Å². The molecular weight excluding hydrogens is 320 g/mol. The molecule has 0 spiro atoms. The van der Waals surface area contributed by atoms with Gasteiger partial charge in [-0.1, -0.05) is 11.8 Å². The van der Waals surface area contributed by atoms with Gasteiger partial charge >= 0.3 is 11.9 Å². The van der Waals surface area contributed by atoms with Gasteiger partial charge in [-0.25, -0.2) is 4.98 Å². The number of nitrogens with zero attached hydrogens (tertiary/aromatic N) is 1. The van der Waals surface area contributed by atoms with Gasteiger partial charge < -0.3 is 19.2 Å². The molecular formula is C15H18N2O5S. The van der Waals surface area contributed by atoms with Crippen molar-refractivity contribution in [2.24, 2.45) is 0 Å². The predicted octanol–water partition coefficient (Wildman–Crippen LogP) is 2.16. The Balaban J connectivity index is 2.24. The first-order chi connectivity index (χ1) is 11.1. The van der Waals surface area contributed by atoms with Crippen LogP contribution in [0, 0.1) is 0 Å². The Morgan fingerprint density at radius 3 is 2.43 bits per heavy atom. The topological polar surface area (TPSA) is 90.5 Å². The lowest BCUT2D eigenvalue weighted by Gasteiger charge is -2.12. The van der Waals surface area contributed by atoms with Crippen molar-refractivity contribution in [3.05, 3.63) is 18.2 Å². The molecule has 0 saturated carbocycles. The van der Waals surface area contributed by atoms with E-state index >= 15 is 0 Å². The smallest absolute Gasteiger partial charge is 0.331 e. The zero-order valence-corrected chi connectivity index (χ0v) is 13.9. The second-order valence-electron chi connectivity index (χ2n) is 4.43. The molecule has 1 aromatic carbocycles. The summed E-state index contributed by atoms with van der Waals surface area (Å²) in [6.07, 6.45) is 0. The molecule has 23 heavy (non-hydrogen) atoms. The fourth-order valence-corrected chi connectivity index (χ4v) is 2.76. The number of benzene rings is 1. The number of methoxy groups -OCH3 is 1. The number of ether oxygens (including phenoxy) is 3. The first-order valence-electron chi connectivity index (χ1n) is 7.12. The number of esters is 2. The number of imidazole rings is 1. The summed E-state index contributed by atoms with van der Waals surface area (Å²) in [5.41, 5.74) is 1.46. The number of carbonyl (C=O) groups excluding carboxylic acids is 2. The van der Waals surface area contributed by atoms with Gasteiger partial charge in [-0.15, -0.1) is 0 Å². The predicted molar refractivity (Wildman–Crippen MR) is 85.6 cm³/mol. The van der Waals surface area contributed by atoms with E-state index in [2.05, 4.69) is 9.97 Å². The minimum Gasteiger partial charge on any atom is -0.497 e. The molecule has 0 fully saturated rings. The summed E-state index contributed by atoms with van der Waals surface area (Å²) >= 11 is 0.967. The van der Waals surface area contributed by atoms with Gasteiger partial charge in [0.05, 0.1) is 31.4 Å². The summed E-state index contributed by atoms with van der Waals surface area (Å²) in [6, 6.07) is 5.36. The summed E-state index contributed by atoms with van der Waals surface area (Å²) in [5, 5.41) is -0.684. The summed E-state index contributed by atoms with van der Waals surface area (Å²) in [5.74, 6) is -0.604. The number of hydrogen-bond donors (Lipinski definition) is 1. The molecule has 0 aliphatic heterocycles. The normalized spacial score (nSPS) is 10.8. The Labute approximate surface area is 137 Å². The van der Waals surface area contributed by atoms with E-state index in [-0.39, 0.29) is 13.2 Å². The number of nitrogens with one attached hydrogen (secondary N) is 1. The van der Waals surface area contributed by atoms with Crippen molar-refractivity contribution in [2.45, 2.75) is 24.3 Å². The van der Waals surface area contributed by atoms with Crippen molar-refractivity contribution in [3.8, 4) is 5.75 Å². The Morgan fingerprint density at radius 2 is 1.87 bits per heavy atom. The van der Waals surface area contributed by atoms with Crippen LogP contribution in [0.1, 0.15) is 13.8 Å². The molecule has 7 nitrogen and oxygen atoms in total. The molecule has 2 aromatic rings. The molecule has 0 atom stereocenters. The van der Waals surface area contributed by atoms with E-state index in [9.17, 15) is 9.59 Å². The quantitative estimate of drug-likeness (QED) is 0.470. The van der Waals surface area contributed by atoms with Gasteiger partial charge in [0, 0.05) is 6.07 Å². The maximum atomic E-state index is 12.0. The van der Waals surface area contributed by atoms with Crippen molar-refractivity contribution in [3.63, 3.8) is 0 Å². The monoisotopic (exact) mass is 338 g/mol. The highest BCUT2D eigenvalue weighted by atomic mass is 32.2. The minimum atomic E-state index is -1.11. The second-order valence-corrected chi connectivity index (χ2v) is 5.52. The molecule has 0 aliphatic carbocycles. The Bertz CT molecular complexity index is 682. The lowest BCUT2D eigenvalue weighted by Crippen LogP contribution is -2.31. The van der Waals surface area contributed by atoms with Crippen LogP contribution in [0.4, 0.5) is 0 Å². The maximum Gasteiger partial charge on any atom is 0.331 e. The van der Waals surface area contributed by atoms with E-state index in [1.807, 2.05) is 0 Å². The molecule has 124 valence electrons. The third kappa shape index (κ3) is 4.16. The lowest BCUT2D eigenvalue weighted by atomic mass is 10.3. The molecule has 2 rings (SSSR count). The zero-order chi connectivity index (χ0) is 16.8. The van der Waals surface area contributed by atoms with Crippen LogP contribution < -0.4 is 4.74 Å². The number of fused-ring (bicyclic) bond motifs is 1. The minimum absolute atomic E-state index is 0.187. The molecule has 0 unspecified atom stereocenters. The van der Waals surface area contributed by atoms with E-state index in [1.54, 1.807) is 39.2 Å². The molecule has 0 aliphatic rings. The molecule has 0 bridgehead atoms. The van der Waals surface area contributed by atoms with E-state index in [4.69, 9.17) is 14.2 Å². The highest BCUT2D eigenvalue weighted by Crippen LogP contribution is 2.27. The standard InChI is InChI=1S/C15H18N2O5S/c1-4-21-13(18)12(14(19)22-5-2)23-15-16-10-7-6-9(20-3)8-11(10)17-15/h6-8,12H,4-5H2,1-3H3,(H,16,17). The molecule has 0 saturated heterocycles. The van der Waals surface area contributed by atoms with Crippen molar-refractivity contribution in [1.29, 1.82) is 0 Å². The molecule has 8 heteroatoms. The molecule has 1 aromatic heterocycles. The second kappa shape index (κ2) is 7.87. The van der Waals surface area contributed by atoms with Gasteiger partial charge in [0.15, 0.2) is 5.16 Å². The number of H-pyrrole nitrogens is 1. The maximum absolute atomic E-state index is 12.0. The Morgan fingerprint density at radius 1 is 1.22 bits per heavy atom. The number of hydrogen-bond acceptors (Lipinski definition) is 7. The number of aromatic amines is 1. The Kier molecular flexibility index (Phi) is 5.86. The van der Waals surface area contributed by atoms with Gasteiger partial charge in [-0.2, -0.15) is 0 Å². The summed E-state index contributed by atoms with van der Waals surface area (Å²) in [7, 11) is 1.57. The molecule has 0 radical (unpaired) electrons. The van der Waals surface area contributed by atoms with E-state index in [0.29, 0.717) is 16.4 Å². The van der Waals surface area contributed by atoms with E-state index < -0.39 is 17.2 Å². The van der Waals surface area contributed by atoms with E-state index in [1.165, 1.54) is 0 Å². The largest absolute Gasteiger partial charge is 0.497 e. The third-order valence-corrected chi connectivity index (χ3v) is 3.94. The molecule has 1 heterocycles. The van der Waals surface area contributed by atoms with Crippen molar-refractivity contribution in [1.82, 2.24) is 9.97 Å². The van der Waals surface area contributed by atoms with Crippen LogP contribution in [-0.2, 0) is 19.1 Å². The van der Waals surface area contributed by atoms with Gasteiger partial charge in [0.1, 0.15) is 5.75 Å². The number of thioether (sulfide) groups is 1. The number of aromatic nitrogens is 2. The van der Waals surface area contributed by atoms with Gasteiger partial charge in [0.2, 0.25) is 5.25 Å². The zero-order valence-electron chi connectivity index (χ0n) is 13.1. The van der Waals surface area contributed by atoms with Crippen LogP contribution in [0.15, 0.2) is 23.4 Å². The fraction of sp³-hybridized carbons (Fsp3) is 0.400. The lowest BCUT2D eigenvalue weighted by molar-refractivity contribution is -0.152. The van der Waals surface area contributed by atoms with Crippen molar-refractivity contribution < 1.29 is 23.8 Å². The summed E-state index contributed by atoms with van der Waals surface area (Å²) in [4.78, 5) is 31.3. The molecule has 0 amide bonds.